The second-order valence-corrected chi connectivity index (χ2v) is 7.51. The summed E-state index contributed by atoms with van der Waals surface area (Å²) in [5.74, 6) is -0.568. The molecule has 3 saturated carbocycles. The molecule has 0 aromatic heterocycles. The Balaban J connectivity index is 1.61. The molecule has 21 heavy (non-hydrogen) atoms. The summed E-state index contributed by atoms with van der Waals surface area (Å²) in [6, 6.07) is 0. The normalized spacial score (nSPS) is 42.9. The van der Waals surface area contributed by atoms with Crippen molar-refractivity contribution >= 4 is 11.9 Å². The molecule has 4 atom stereocenters. The topological polar surface area (TPSA) is 72.8 Å². The molecular formula is C16H22O5. The molecule has 0 aromatic rings. The lowest BCUT2D eigenvalue weighted by atomic mass is 9.72. The summed E-state index contributed by atoms with van der Waals surface area (Å²) in [4.78, 5) is 23.2. The molecule has 1 N–H and O–H groups in total. The van der Waals surface area contributed by atoms with Crippen molar-refractivity contribution in [2.24, 2.45) is 11.3 Å². The molecule has 0 heterocycles. The first kappa shape index (κ1) is 14.6. The second kappa shape index (κ2) is 4.32. The number of carbonyl (C=O) groups is 2. The third-order valence-electron chi connectivity index (χ3n) is 5.09. The number of carbonyl (C=O) groups excluding carboxylic acids is 2. The molecular weight excluding hydrogens is 272 g/mol. The van der Waals surface area contributed by atoms with Crippen molar-refractivity contribution in [1.29, 1.82) is 0 Å². The molecule has 0 saturated heterocycles. The van der Waals surface area contributed by atoms with Crippen LogP contribution in [0.1, 0.15) is 46.0 Å². The van der Waals surface area contributed by atoms with Crippen LogP contribution < -0.4 is 0 Å². The standard InChI is InChI=1S/C16H22O5/c1-10(2)13(18)20-6-12(17)21-16-5-11-4-15(11,9-16)7-14(3,19)8-16/h11,19H,1,4-9H2,2-3H3. The Hall–Kier alpha value is -1.36. The van der Waals surface area contributed by atoms with Gasteiger partial charge in [0.2, 0.25) is 0 Å². The summed E-state index contributed by atoms with van der Waals surface area (Å²) in [5.41, 5.74) is -0.922. The number of ether oxygens (including phenoxy) is 2. The number of aliphatic hydroxyl groups is 1. The van der Waals surface area contributed by atoms with E-state index in [2.05, 4.69) is 6.58 Å². The smallest absolute Gasteiger partial charge is 0.344 e. The van der Waals surface area contributed by atoms with Crippen LogP contribution in [-0.2, 0) is 19.1 Å². The summed E-state index contributed by atoms with van der Waals surface area (Å²) < 4.78 is 10.4. The van der Waals surface area contributed by atoms with E-state index >= 15 is 0 Å². The van der Waals surface area contributed by atoms with Gasteiger partial charge in [-0.1, -0.05) is 6.58 Å². The van der Waals surface area contributed by atoms with E-state index in [-0.39, 0.29) is 11.0 Å². The lowest BCUT2D eigenvalue weighted by Gasteiger charge is -2.43. The van der Waals surface area contributed by atoms with Gasteiger partial charge in [-0.25, -0.2) is 9.59 Å². The van der Waals surface area contributed by atoms with E-state index in [1.807, 2.05) is 6.92 Å². The molecule has 3 aliphatic carbocycles. The van der Waals surface area contributed by atoms with Gasteiger partial charge in [-0.15, -0.1) is 0 Å². The molecule has 1 spiro atoms. The molecule has 2 bridgehead atoms. The van der Waals surface area contributed by atoms with Crippen molar-refractivity contribution in [3.63, 3.8) is 0 Å². The van der Waals surface area contributed by atoms with Crippen LogP contribution in [0.25, 0.3) is 0 Å². The van der Waals surface area contributed by atoms with Gasteiger partial charge >= 0.3 is 11.9 Å². The van der Waals surface area contributed by atoms with E-state index in [4.69, 9.17) is 9.47 Å². The molecule has 0 radical (unpaired) electrons. The molecule has 4 unspecified atom stereocenters. The first-order valence-electron chi connectivity index (χ1n) is 7.42. The van der Waals surface area contributed by atoms with Gasteiger partial charge < -0.3 is 14.6 Å². The van der Waals surface area contributed by atoms with Crippen molar-refractivity contribution in [3.05, 3.63) is 12.2 Å². The maximum Gasteiger partial charge on any atom is 0.344 e. The van der Waals surface area contributed by atoms with Crippen molar-refractivity contribution < 1.29 is 24.2 Å². The zero-order valence-corrected chi connectivity index (χ0v) is 12.6. The predicted molar refractivity (Wildman–Crippen MR) is 74.2 cm³/mol. The Morgan fingerprint density at radius 1 is 1.29 bits per heavy atom. The minimum atomic E-state index is -0.780. The lowest BCUT2D eigenvalue weighted by Crippen LogP contribution is -2.48. The first-order valence-corrected chi connectivity index (χ1v) is 7.42. The van der Waals surface area contributed by atoms with E-state index in [9.17, 15) is 14.7 Å². The van der Waals surface area contributed by atoms with Crippen LogP contribution in [0, 0.1) is 11.3 Å². The monoisotopic (exact) mass is 294 g/mol. The Kier molecular flexibility index (Phi) is 3.00. The van der Waals surface area contributed by atoms with Gasteiger partial charge in [0.05, 0.1) is 5.60 Å². The summed E-state index contributed by atoms with van der Waals surface area (Å²) in [7, 11) is 0. The Labute approximate surface area is 124 Å². The van der Waals surface area contributed by atoms with Gasteiger partial charge in [-0.2, -0.15) is 0 Å². The highest BCUT2D eigenvalue weighted by molar-refractivity contribution is 5.88. The molecule has 3 fully saturated rings. The lowest BCUT2D eigenvalue weighted by molar-refractivity contribution is -0.180. The van der Waals surface area contributed by atoms with Crippen LogP contribution in [0.4, 0.5) is 0 Å². The van der Waals surface area contributed by atoms with Crippen molar-refractivity contribution in [3.8, 4) is 0 Å². The number of rotatable bonds is 4. The molecule has 0 aromatic carbocycles. The maximum absolute atomic E-state index is 11.9. The van der Waals surface area contributed by atoms with Gasteiger partial charge in [0.1, 0.15) is 5.60 Å². The Bertz CT molecular complexity index is 523. The Morgan fingerprint density at radius 2 is 2.00 bits per heavy atom. The fourth-order valence-electron chi connectivity index (χ4n) is 4.66. The minimum absolute atomic E-state index is 0.177. The third-order valence-corrected chi connectivity index (χ3v) is 5.09. The first-order chi connectivity index (χ1) is 9.65. The maximum atomic E-state index is 11.9. The third kappa shape index (κ3) is 2.59. The van der Waals surface area contributed by atoms with Gasteiger partial charge in [0.25, 0.3) is 0 Å². The van der Waals surface area contributed by atoms with Crippen LogP contribution >= 0.6 is 0 Å². The van der Waals surface area contributed by atoms with Crippen LogP contribution in [0.5, 0.6) is 0 Å². The molecule has 116 valence electrons. The average Bonchev–Trinajstić information content (AvgIpc) is 2.85. The highest BCUT2D eigenvalue weighted by Gasteiger charge is 2.71. The largest absolute Gasteiger partial charge is 0.456 e. The van der Waals surface area contributed by atoms with Crippen LogP contribution in [0.3, 0.4) is 0 Å². The highest BCUT2D eigenvalue weighted by atomic mass is 16.6. The summed E-state index contributed by atoms with van der Waals surface area (Å²) in [6.45, 7) is 6.41. The quantitative estimate of drug-likeness (QED) is 0.631. The number of hydrogen-bond acceptors (Lipinski definition) is 5. The minimum Gasteiger partial charge on any atom is -0.456 e. The fourth-order valence-corrected chi connectivity index (χ4v) is 4.66. The molecule has 3 rings (SSSR count). The molecule has 5 nitrogen and oxygen atoms in total. The van der Waals surface area contributed by atoms with E-state index in [0.717, 1.165) is 25.7 Å². The van der Waals surface area contributed by atoms with E-state index < -0.39 is 29.7 Å². The number of hydrogen-bond donors (Lipinski definition) is 1. The zero-order valence-electron chi connectivity index (χ0n) is 12.6. The molecule has 0 aliphatic heterocycles. The highest BCUT2D eigenvalue weighted by Crippen LogP contribution is 2.74. The Morgan fingerprint density at radius 3 is 2.67 bits per heavy atom. The van der Waals surface area contributed by atoms with E-state index in [1.54, 1.807) is 0 Å². The van der Waals surface area contributed by atoms with E-state index in [1.165, 1.54) is 6.92 Å². The van der Waals surface area contributed by atoms with Crippen LogP contribution in [0.2, 0.25) is 0 Å². The average molecular weight is 294 g/mol. The van der Waals surface area contributed by atoms with Crippen molar-refractivity contribution in [2.45, 2.75) is 57.2 Å². The van der Waals surface area contributed by atoms with Gasteiger partial charge in [-0.05, 0) is 50.9 Å². The zero-order chi connectivity index (χ0) is 15.5. The fraction of sp³-hybridized carbons (Fsp3) is 0.750. The van der Waals surface area contributed by atoms with Crippen LogP contribution in [0.15, 0.2) is 12.2 Å². The second-order valence-electron chi connectivity index (χ2n) is 7.51. The summed E-state index contributed by atoms with van der Waals surface area (Å²) in [6.07, 6.45) is 4.06. The summed E-state index contributed by atoms with van der Waals surface area (Å²) >= 11 is 0. The van der Waals surface area contributed by atoms with Crippen molar-refractivity contribution in [2.75, 3.05) is 6.61 Å². The van der Waals surface area contributed by atoms with Crippen LogP contribution in [-0.4, -0.2) is 34.9 Å². The number of fused-ring (bicyclic) bond motifs is 1. The SMILES string of the molecule is C=C(C)C(=O)OCC(=O)OC12CC3CC3(CC(C)(O)C1)C2. The molecule has 5 heteroatoms. The number of esters is 2. The molecule has 0 amide bonds. The van der Waals surface area contributed by atoms with Gasteiger partial charge in [-0.3, -0.25) is 0 Å². The van der Waals surface area contributed by atoms with Gasteiger partial charge in [0.15, 0.2) is 6.61 Å². The summed E-state index contributed by atoms with van der Waals surface area (Å²) in [5, 5.41) is 10.4. The predicted octanol–water partition coefficient (Wildman–Crippen LogP) is 1.73. The molecule has 3 aliphatic rings. The van der Waals surface area contributed by atoms with Gasteiger partial charge in [0, 0.05) is 12.0 Å². The van der Waals surface area contributed by atoms with E-state index in [0.29, 0.717) is 12.3 Å². The van der Waals surface area contributed by atoms with Crippen molar-refractivity contribution in [1.82, 2.24) is 0 Å².